The largest absolute Gasteiger partial charge is 0.370 e. The Morgan fingerprint density at radius 1 is 1.44 bits per heavy atom. The van der Waals surface area contributed by atoms with Crippen LogP contribution in [0.1, 0.15) is 25.3 Å². The van der Waals surface area contributed by atoms with Crippen molar-refractivity contribution in [3.05, 3.63) is 29.8 Å². The van der Waals surface area contributed by atoms with Crippen LogP contribution < -0.4 is 10.2 Å². The van der Waals surface area contributed by atoms with Gasteiger partial charge in [-0.25, -0.2) is 0 Å². The third-order valence-electron chi connectivity index (χ3n) is 3.53. The van der Waals surface area contributed by atoms with E-state index in [9.17, 15) is 0 Å². The molecule has 0 aromatic heterocycles. The number of benzene rings is 1. The zero-order chi connectivity index (χ0) is 12.8. The summed E-state index contributed by atoms with van der Waals surface area (Å²) in [6.07, 6.45) is 2.79. The molecule has 0 bridgehead atoms. The zero-order valence-corrected chi connectivity index (χ0v) is 11.0. The fraction of sp³-hybridized carbons (Fsp3) is 0.533. The highest BCUT2D eigenvalue weighted by molar-refractivity contribution is 5.54. The number of nitriles is 1. The molecule has 0 aliphatic carbocycles. The van der Waals surface area contributed by atoms with Crippen LogP contribution in [0, 0.1) is 11.3 Å². The van der Waals surface area contributed by atoms with Crippen molar-refractivity contribution in [2.24, 2.45) is 0 Å². The molecule has 1 unspecified atom stereocenters. The fourth-order valence-electron chi connectivity index (χ4n) is 2.58. The van der Waals surface area contributed by atoms with Crippen molar-refractivity contribution in [2.45, 2.75) is 32.2 Å². The molecule has 1 aromatic carbocycles. The third-order valence-corrected chi connectivity index (χ3v) is 3.53. The minimum atomic E-state index is 0.294. The number of para-hydroxylation sites is 1. The zero-order valence-electron chi connectivity index (χ0n) is 11.0. The van der Waals surface area contributed by atoms with Crippen molar-refractivity contribution >= 4 is 5.69 Å². The number of rotatable bonds is 3. The van der Waals surface area contributed by atoms with Gasteiger partial charge in [0, 0.05) is 24.8 Å². The first kappa shape index (κ1) is 12.9. The molecule has 1 atom stereocenters. The quantitative estimate of drug-likeness (QED) is 0.885. The summed E-state index contributed by atoms with van der Waals surface area (Å²) in [6, 6.07) is 11.2. The number of nitrogens with zero attached hydrogens (tertiary/aromatic N) is 2. The molecule has 3 heteroatoms. The molecule has 0 amide bonds. The molecular weight excluding hydrogens is 222 g/mol. The molecular formula is C15H21N3. The van der Waals surface area contributed by atoms with Gasteiger partial charge in [0.05, 0.1) is 12.5 Å². The average molecular weight is 243 g/mol. The smallest absolute Gasteiger partial charge is 0.0638 e. The first-order valence-electron chi connectivity index (χ1n) is 6.78. The molecule has 18 heavy (non-hydrogen) atoms. The Hall–Kier alpha value is -1.53. The van der Waals surface area contributed by atoms with Gasteiger partial charge in [0.1, 0.15) is 0 Å². The number of hydrogen-bond acceptors (Lipinski definition) is 3. The van der Waals surface area contributed by atoms with Gasteiger partial charge in [-0.3, -0.25) is 0 Å². The minimum Gasteiger partial charge on any atom is -0.370 e. The highest BCUT2D eigenvalue weighted by Gasteiger charge is 2.18. The van der Waals surface area contributed by atoms with Gasteiger partial charge in [-0.2, -0.15) is 5.26 Å². The molecule has 1 aromatic rings. The molecule has 1 aliphatic heterocycles. The fourth-order valence-corrected chi connectivity index (χ4v) is 2.58. The van der Waals surface area contributed by atoms with E-state index in [-0.39, 0.29) is 0 Å². The molecule has 1 N–H and O–H groups in total. The van der Waals surface area contributed by atoms with Crippen LogP contribution in [-0.4, -0.2) is 25.7 Å². The molecule has 1 saturated heterocycles. The van der Waals surface area contributed by atoms with Crippen LogP contribution in [-0.2, 0) is 6.42 Å². The molecule has 0 spiro atoms. The Morgan fingerprint density at radius 2 is 2.28 bits per heavy atom. The Kier molecular flexibility index (Phi) is 4.60. The van der Waals surface area contributed by atoms with Gasteiger partial charge >= 0.3 is 0 Å². The van der Waals surface area contributed by atoms with Crippen LogP contribution in [0.5, 0.6) is 0 Å². The Morgan fingerprint density at radius 3 is 3.06 bits per heavy atom. The monoisotopic (exact) mass is 243 g/mol. The predicted molar refractivity (Wildman–Crippen MR) is 74.7 cm³/mol. The van der Waals surface area contributed by atoms with Gasteiger partial charge in [-0.1, -0.05) is 25.1 Å². The summed E-state index contributed by atoms with van der Waals surface area (Å²) < 4.78 is 0. The van der Waals surface area contributed by atoms with Crippen LogP contribution in [0.15, 0.2) is 24.3 Å². The van der Waals surface area contributed by atoms with Gasteiger partial charge < -0.3 is 10.2 Å². The molecule has 96 valence electrons. The van der Waals surface area contributed by atoms with E-state index in [1.807, 2.05) is 0 Å². The number of hydrogen-bond donors (Lipinski definition) is 1. The number of nitrogens with one attached hydrogen (secondary N) is 1. The Bertz CT molecular complexity index is 422. The summed E-state index contributed by atoms with van der Waals surface area (Å²) in [7, 11) is 0. The first-order valence-corrected chi connectivity index (χ1v) is 6.78. The van der Waals surface area contributed by atoms with Crippen molar-refractivity contribution in [2.75, 3.05) is 24.5 Å². The lowest BCUT2D eigenvalue weighted by Gasteiger charge is -2.27. The number of anilines is 1. The van der Waals surface area contributed by atoms with Gasteiger partial charge in [0.2, 0.25) is 0 Å². The van der Waals surface area contributed by atoms with E-state index in [1.165, 1.54) is 11.3 Å². The summed E-state index contributed by atoms with van der Waals surface area (Å²) in [6.45, 7) is 5.22. The van der Waals surface area contributed by atoms with Crippen LogP contribution in [0.3, 0.4) is 0 Å². The summed E-state index contributed by atoms with van der Waals surface area (Å²) in [5.74, 6) is 0. The Labute approximate surface area is 109 Å². The maximum atomic E-state index is 8.86. The second-order valence-electron chi connectivity index (χ2n) is 4.80. The maximum absolute atomic E-state index is 8.86. The normalized spacial score (nSPS) is 20.2. The van der Waals surface area contributed by atoms with E-state index < -0.39 is 0 Å². The van der Waals surface area contributed by atoms with E-state index in [1.54, 1.807) is 0 Å². The van der Waals surface area contributed by atoms with E-state index >= 15 is 0 Å². The lowest BCUT2D eigenvalue weighted by molar-refractivity contribution is 0.552. The van der Waals surface area contributed by atoms with Gasteiger partial charge in [0.25, 0.3) is 0 Å². The van der Waals surface area contributed by atoms with Gasteiger partial charge in [-0.15, -0.1) is 0 Å². The van der Waals surface area contributed by atoms with E-state index in [0.717, 1.165) is 32.5 Å². The van der Waals surface area contributed by atoms with Gasteiger partial charge in [-0.05, 0) is 31.0 Å². The third kappa shape index (κ3) is 3.02. The predicted octanol–water partition coefficient (Wildman–Crippen LogP) is 2.33. The van der Waals surface area contributed by atoms with Crippen molar-refractivity contribution in [1.82, 2.24) is 5.32 Å². The summed E-state index contributed by atoms with van der Waals surface area (Å²) in [5, 5.41) is 12.3. The highest BCUT2D eigenvalue weighted by atomic mass is 15.2. The average Bonchev–Trinajstić information content (AvgIpc) is 2.65. The Balaban J connectivity index is 2.17. The summed E-state index contributed by atoms with van der Waals surface area (Å²) in [5.41, 5.74) is 2.74. The second-order valence-corrected chi connectivity index (χ2v) is 4.80. The molecule has 1 fully saturated rings. The van der Waals surface area contributed by atoms with Crippen molar-refractivity contribution in [1.29, 1.82) is 5.26 Å². The molecule has 3 nitrogen and oxygen atoms in total. The topological polar surface area (TPSA) is 39.1 Å². The van der Waals surface area contributed by atoms with Crippen LogP contribution >= 0.6 is 0 Å². The SMILES string of the molecule is CCc1ccccc1N1CCCNC(CC#N)C1. The lowest BCUT2D eigenvalue weighted by Crippen LogP contribution is -2.37. The van der Waals surface area contributed by atoms with Crippen molar-refractivity contribution < 1.29 is 0 Å². The van der Waals surface area contributed by atoms with Crippen LogP contribution in [0.4, 0.5) is 5.69 Å². The molecule has 2 rings (SSSR count). The molecule has 1 aliphatic rings. The van der Waals surface area contributed by atoms with Crippen molar-refractivity contribution in [3.63, 3.8) is 0 Å². The van der Waals surface area contributed by atoms with E-state index in [2.05, 4.69) is 47.5 Å². The van der Waals surface area contributed by atoms with Crippen LogP contribution in [0.2, 0.25) is 0 Å². The minimum absolute atomic E-state index is 0.294. The maximum Gasteiger partial charge on any atom is 0.0638 e. The number of aryl methyl sites for hydroxylation is 1. The van der Waals surface area contributed by atoms with Crippen molar-refractivity contribution in [3.8, 4) is 6.07 Å². The summed E-state index contributed by atoms with van der Waals surface area (Å²) in [4.78, 5) is 2.43. The summed E-state index contributed by atoms with van der Waals surface area (Å²) >= 11 is 0. The molecule has 1 heterocycles. The molecule has 0 radical (unpaired) electrons. The standard InChI is InChI=1S/C15H21N3/c1-2-13-6-3-4-7-15(13)18-11-5-10-17-14(12-18)8-9-16/h3-4,6-7,14,17H,2,5,8,10-12H2,1H3. The van der Waals surface area contributed by atoms with Gasteiger partial charge in [0.15, 0.2) is 0 Å². The lowest BCUT2D eigenvalue weighted by atomic mass is 10.1. The second kappa shape index (κ2) is 6.42. The van der Waals surface area contributed by atoms with Crippen LogP contribution in [0.25, 0.3) is 0 Å². The highest BCUT2D eigenvalue weighted by Crippen LogP contribution is 2.22. The van der Waals surface area contributed by atoms with E-state index in [4.69, 9.17) is 5.26 Å². The molecule has 0 saturated carbocycles. The van der Waals surface area contributed by atoms with E-state index in [0.29, 0.717) is 12.5 Å². The first-order chi connectivity index (χ1) is 8.85.